The van der Waals surface area contributed by atoms with Crippen LogP contribution < -0.4 is 10.5 Å². The van der Waals surface area contributed by atoms with Gasteiger partial charge >= 0.3 is 0 Å². The zero-order valence-electron chi connectivity index (χ0n) is 10.0. The highest BCUT2D eigenvalue weighted by molar-refractivity contribution is 7.89. The van der Waals surface area contributed by atoms with Gasteiger partial charge in [-0.1, -0.05) is 0 Å². The number of halogens is 1. The van der Waals surface area contributed by atoms with Crippen LogP contribution in [0.2, 0.25) is 0 Å². The summed E-state index contributed by atoms with van der Waals surface area (Å²) in [6.45, 7) is -0.0902. The third-order valence-corrected chi connectivity index (χ3v) is 3.89. The van der Waals surface area contributed by atoms with Gasteiger partial charge in [-0.2, -0.15) is 0 Å². The Labute approximate surface area is 109 Å². The van der Waals surface area contributed by atoms with E-state index in [1.165, 1.54) is 12.4 Å². The topological polar surface area (TPSA) is 103 Å². The van der Waals surface area contributed by atoms with Crippen LogP contribution in [0.25, 0.3) is 0 Å². The van der Waals surface area contributed by atoms with Gasteiger partial charge in [0, 0.05) is 12.7 Å². The van der Waals surface area contributed by atoms with Crippen molar-refractivity contribution in [2.24, 2.45) is 7.05 Å². The van der Waals surface area contributed by atoms with Crippen molar-refractivity contribution in [3.8, 4) is 0 Å². The predicted octanol–water partition coefficient (Wildman–Crippen LogP) is 0.0149. The van der Waals surface area contributed by atoms with Gasteiger partial charge in [0.2, 0.25) is 10.0 Å². The molecular weight excluding hydrogens is 273 g/mol. The molecule has 2 rings (SSSR count). The summed E-state index contributed by atoms with van der Waals surface area (Å²) >= 11 is 0. The van der Waals surface area contributed by atoms with Gasteiger partial charge < -0.3 is 10.3 Å². The number of benzene rings is 1. The first-order chi connectivity index (χ1) is 8.90. The highest BCUT2D eigenvalue weighted by Gasteiger charge is 2.19. The molecule has 2 aromatic rings. The molecule has 0 radical (unpaired) electrons. The molecule has 9 heteroatoms. The second kappa shape index (κ2) is 4.94. The third kappa shape index (κ3) is 2.88. The number of nitrogens with one attached hydrogen (secondary N) is 1. The Hall–Kier alpha value is -2.00. The van der Waals surface area contributed by atoms with Crippen LogP contribution in [0.4, 0.5) is 10.1 Å². The van der Waals surface area contributed by atoms with E-state index in [4.69, 9.17) is 5.73 Å². The molecule has 0 bridgehead atoms. The highest BCUT2D eigenvalue weighted by atomic mass is 32.2. The maximum Gasteiger partial charge on any atom is 0.243 e. The Balaban J connectivity index is 2.23. The maximum absolute atomic E-state index is 13.5. The number of nitrogen functional groups attached to an aromatic ring is 1. The lowest BCUT2D eigenvalue weighted by Gasteiger charge is -2.08. The molecule has 0 unspecified atom stereocenters. The molecule has 0 aliphatic rings. The van der Waals surface area contributed by atoms with Crippen molar-refractivity contribution < 1.29 is 12.8 Å². The molecule has 0 amide bonds. The molecule has 0 fully saturated rings. The van der Waals surface area contributed by atoms with E-state index in [-0.39, 0.29) is 12.2 Å². The van der Waals surface area contributed by atoms with Gasteiger partial charge in [0.1, 0.15) is 22.9 Å². The molecule has 19 heavy (non-hydrogen) atoms. The number of rotatable bonds is 4. The molecule has 1 aromatic heterocycles. The van der Waals surface area contributed by atoms with Crippen LogP contribution in [0.3, 0.4) is 0 Å². The molecule has 0 saturated heterocycles. The van der Waals surface area contributed by atoms with Crippen molar-refractivity contribution in [1.29, 1.82) is 0 Å². The van der Waals surface area contributed by atoms with Gasteiger partial charge in [-0.25, -0.2) is 17.5 Å². The van der Waals surface area contributed by atoms with Crippen molar-refractivity contribution >= 4 is 15.7 Å². The number of hydrogen-bond acceptors (Lipinski definition) is 5. The van der Waals surface area contributed by atoms with E-state index in [1.807, 2.05) is 0 Å². The first-order valence-electron chi connectivity index (χ1n) is 5.28. The summed E-state index contributed by atoms with van der Waals surface area (Å²) in [5, 5.41) is 7.33. The number of nitrogens with zero attached hydrogens (tertiary/aromatic N) is 3. The molecule has 3 N–H and O–H groups in total. The van der Waals surface area contributed by atoms with Crippen molar-refractivity contribution in [2.75, 3.05) is 5.73 Å². The molecule has 1 aromatic carbocycles. The van der Waals surface area contributed by atoms with Gasteiger partial charge in [0.25, 0.3) is 0 Å². The number of hydrogen-bond donors (Lipinski definition) is 2. The summed E-state index contributed by atoms with van der Waals surface area (Å²) in [5.41, 5.74) is 5.62. The lowest BCUT2D eigenvalue weighted by atomic mass is 10.3. The summed E-state index contributed by atoms with van der Waals surface area (Å²) in [4.78, 5) is -0.491. The molecule has 0 atom stereocenters. The Kier molecular flexibility index (Phi) is 3.49. The van der Waals surface area contributed by atoms with Gasteiger partial charge in [0.05, 0.1) is 6.54 Å². The second-order valence-electron chi connectivity index (χ2n) is 3.87. The molecule has 102 valence electrons. The van der Waals surface area contributed by atoms with E-state index in [0.717, 1.165) is 12.1 Å². The van der Waals surface area contributed by atoms with Crippen LogP contribution in [0.5, 0.6) is 0 Å². The minimum Gasteiger partial charge on any atom is -0.399 e. The Morgan fingerprint density at radius 3 is 2.84 bits per heavy atom. The molecule has 1 heterocycles. The van der Waals surface area contributed by atoms with Crippen LogP contribution in [-0.2, 0) is 23.6 Å². The summed E-state index contributed by atoms with van der Waals surface area (Å²) < 4.78 is 41.2. The normalized spacial score (nSPS) is 11.7. The number of nitrogens with two attached hydrogens (primary N) is 1. The van der Waals surface area contributed by atoms with E-state index in [1.54, 1.807) is 11.6 Å². The van der Waals surface area contributed by atoms with Crippen molar-refractivity contribution in [3.63, 3.8) is 0 Å². The van der Waals surface area contributed by atoms with E-state index < -0.39 is 20.7 Å². The lowest BCUT2D eigenvalue weighted by molar-refractivity contribution is 0.554. The highest BCUT2D eigenvalue weighted by Crippen LogP contribution is 2.17. The summed E-state index contributed by atoms with van der Waals surface area (Å²) in [6, 6.07) is 3.36. The second-order valence-corrected chi connectivity index (χ2v) is 5.61. The fourth-order valence-electron chi connectivity index (χ4n) is 1.43. The monoisotopic (exact) mass is 285 g/mol. The van der Waals surface area contributed by atoms with Gasteiger partial charge in [-0.3, -0.25) is 0 Å². The SMILES string of the molecule is Cn1cnnc1CNS(=O)(=O)c1cc(N)ccc1F. The average Bonchev–Trinajstić information content (AvgIpc) is 2.75. The molecular formula is C10H12FN5O2S. The molecule has 7 nitrogen and oxygen atoms in total. The van der Waals surface area contributed by atoms with Gasteiger partial charge in [-0.15, -0.1) is 10.2 Å². The van der Waals surface area contributed by atoms with Gasteiger partial charge in [-0.05, 0) is 18.2 Å². The van der Waals surface area contributed by atoms with Crippen molar-refractivity contribution in [3.05, 3.63) is 36.2 Å². The quantitative estimate of drug-likeness (QED) is 0.771. The predicted molar refractivity (Wildman–Crippen MR) is 65.8 cm³/mol. The minimum atomic E-state index is -3.99. The average molecular weight is 285 g/mol. The largest absolute Gasteiger partial charge is 0.399 e. The molecule has 0 spiro atoms. The molecule has 0 aliphatic heterocycles. The fraction of sp³-hybridized carbons (Fsp3) is 0.200. The Bertz CT molecular complexity index is 698. The van der Waals surface area contributed by atoms with E-state index in [0.29, 0.717) is 5.82 Å². The Morgan fingerprint density at radius 2 is 2.21 bits per heavy atom. The lowest BCUT2D eigenvalue weighted by Crippen LogP contribution is -2.25. The van der Waals surface area contributed by atoms with E-state index in [9.17, 15) is 12.8 Å². The van der Waals surface area contributed by atoms with Crippen LogP contribution in [0.15, 0.2) is 29.4 Å². The first kappa shape index (κ1) is 13.4. The number of aryl methyl sites for hydroxylation is 1. The standard InChI is InChI=1S/C10H12FN5O2S/c1-16-6-13-15-10(16)5-14-19(17,18)9-4-7(12)2-3-8(9)11/h2-4,6,14H,5,12H2,1H3. The fourth-order valence-corrected chi connectivity index (χ4v) is 2.52. The minimum absolute atomic E-state index is 0.0902. The summed E-state index contributed by atoms with van der Waals surface area (Å²) in [6.07, 6.45) is 1.44. The van der Waals surface area contributed by atoms with Crippen molar-refractivity contribution in [1.82, 2.24) is 19.5 Å². The summed E-state index contributed by atoms with van der Waals surface area (Å²) in [7, 11) is -2.32. The Morgan fingerprint density at radius 1 is 1.47 bits per heavy atom. The van der Waals surface area contributed by atoms with Crippen LogP contribution >= 0.6 is 0 Å². The van der Waals surface area contributed by atoms with E-state index >= 15 is 0 Å². The molecule has 0 saturated carbocycles. The number of aromatic nitrogens is 3. The number of anilines is 1. The smallest absolute Gasteiger partial charge is 0.243 e. The van der Waals surface area contributed by atoms with Crippen LogP contribution in [0, 0.1) is 5.82 Å². The molecule has 0 aliphatic carbocycles. The number of sulfonamides is 1. The zero-order chi connectivity index (χ0) is 14.0. The van der Waals surface area contributed by atoms with Gasteiger partial charge in [0.15, 0.2) is 0 Å². The maximum atomic E-state index is 13.5. The summed E-state index contributed by atoms with van der Waals surface area (Å²) in [5.74, 6) is -0.451. The van der Waals surface area contributed by atoms with Crippen molar-refractivity contribution in [2.45, 2.75) is 11.4 Å². The van der Waals surface area contributed by atoms with E-state index in [2.05, 4.69) is 14.9 Å². The van der Waals surface area contributed by atoms with Crippen LogP contribution in [-0.4, -0.2) is 23.2 Å². The zero-order valence-corrected chi connectivity index (χ0v) is 10.9. The first-order valence-corrected chi connectivity index (χ1v) is 6.76. The van der Waals surface area contributed by atoms with Crippen LogP contribution in [0.1, 0.15) is 5.82 Å². The third-order valence-electron chi connectivity index (χ3n) is 2.47.